The summed E-state index contributed by atoms with van der Waals surface area (Å²) in [5.74, 6) is 0.872. The molecule has 0 radical (unpaired) electrons. The molecule has 128 valence electrons. The fourth-order valence-corrected chi connectivity index (χ4v) is 2.69. The van der Waals surface area contributed by atoms with Crippen molar-refractivity contribution >= 4 is 11.9 Å². The molecule has 0 unspecified atom stereocenters. The molecule has 1 aromatic rings. The molecule has 6 nitrogen and oxygen atoms in total. The number of hydrogen-bond donors (Lipinski definition) is 1. The molecule has 0 bridgehead atoms. The molecule has 1 aromatic heterocycles. The zero-order valence-electron chi connectivity index (χ0n) is 14.8. The lowest BCUT2D eigenvalue weighted by Gasteiger charge is -2.40. The quantitative estimate of drug-likeness (QED) is 0.927. The summed E-state index contributed by atoms with van der Waals surface area (Å²) < 4.78 is 5.48. The number of piperazine rings is 1. The third-order valence-electron chi connectivity index (χ3n) is 3.83. The second kappa shape index (κ2) is 7.17. The van der Waals surface area contributed by atoms with Crippen LogP contribution >= 0.6 is 0 Å². The van der Waals surface area contributed by atoms with E-state index >= 15 is 0 Å². The summed E-state index contributed by atoms with van der Waals surface area (Å²) >= 11 is 0. The van der Waals surface area contributed by atoms with Gasteiger partial charge in [0.2, 0.25) is 0 Å². The highest BCUT2D eigenvalue weighted by Crippen LogP contribution is 2.17. The van der Waals surface area contributed by atoms with Crippen molar-refractivity contribution in [2.75, 3.05) is 32.0 Å². The molecule has 1 saturated heterocycles. The third kappa shape index (κ3) is 5.10. The molecule has 1 aliphatic rings. The molecule has 2 heterocycles. The number of amides is 1. The molecule has 0 aliphatic carbocycles. The maximum absolute atomic E-state index is 12.2. The van der Waals surface area contributed by atoms with Gasteiger partial charge in [-0.2, -0.15) is 0 Å². The van der Waals surface area contributed by atoms with Crippen molar-refractivity contribution in [3.8, 4) is 0 Å². The van der Waals surface area contributed by atoms with E-state index in [4.69, 9.17) is 4.74 Å². The Hall–Kier alpha value is -1.82. The molecule has 0 saturated carbocycles. The van der Waals surface area contributed by atoms with Gasteiger partial charge in [0.15, 0.2) is 0 Å². The first-order valence-corrected chi connectivity index (χ1v) is 8.13. The van der Waals surface area contributed by atoms with Crippen molar-refractivity contribution in [1.82, 2.24) is 14.8 Å². The van der Waals surface area contributed by atoms with Crippen LogP contribution in [-0.4, -0.2) is 59.2 Å². The first-order chi connectivity index (χ1) is 10.8. The van der Waals surface area contributed by atoms with E-state index in [1.165, 1.54) is 5.56 Å². The van der Waals surface area contributed by atoms with Gasteiger partial charge in [-0.15, -0.1) is 0 Å². The highest BCUT2D eigenvalue weighted by atomic mass is 16.6. The number of rotatable bonds is 3. The summed E-state index contributed by atoms with van der Waals surface area (Å²) in [5.41, 5.74) is 0.733. The van der Waals surface area contributed by atoms with E-state index in [0.29, 0.717) is 6.54 Å². The summed E-state index contributed by atoms with van der Waals surface area (Å²) in [7, 11) is 1.86. The molecule has 0 aromatic carbocycles. The van der Waals surface area contributed by atoms with Crippen LogP contribution < -0.4 is 5.32 Å². The lowest BCUT2D eigenvalue weighted by atomic mass is 10.1. The van der Waals surface area contributed by atoms with E-state index in [9.17, 15) is 4.79 Å². The summed E-state index contributed by atoms with van der Waals surface area (Å²) in [4.78, 5) is 20.7. The van der Waals surface area contributed by atoms with Crippen LogP contribution in [0.2, 0.25) is 0 Å². The lowest BCUT2D eigenvalue weighted by Crippen LogP contribution is -2.54. The molecule has 6 heteroatoms. The van der Waals surface area contributed by atoms with Gasteiger partial charge < -0.3 is 15.0 Å². The predicted octanol–water partition coefficient (Wildman–Crippen LogP) is 2.56. The molecule has 1 N–H and O–H groups in total. The Morgan fingerprint density at radius 3 is 2.65 bits per heavy atom. The molecule has 23 heavy (non-hydrogen) atoms. The predicted molar refractivity (Wildman–Crippen MR) is 91.5 cm³/mol. The summed E-state index contributed by atoms with van der Waals surface area (Å²) in [6, 6.07) is 4.21. The van der Waals surface area contributed by atoms with Gasteiger partial charge >= 0.3 is 6.09 Å². The molecular weight excluding hydrogens is 292 g/mol. The largest absolute Gasteiger partial charge is 0.444 e. The SMILES string of the molecule is CNc1ccc(CN2CCN(C(=O)OC(C)(C)C)[C@@H](C)C2)cn1. The highest BCUT2D eigenvalue weighted by molar-refractivity contribution is 5.68. The van der Waals surface area contributed by atoms with Crippen molar-refractivity contribution in [3.05, 3.63) is 23.9 Å². The molecule has 1 fully saturated rings. The molecule has 2 rings (SSSR count). The smallest absolute Gasteiger partial charge is 0.410 e. The second-order valence-corrected chi connectivity index (χ2v) is 7.06. The average molecular weight is 320 g/mol. The van der Waals surface area contributed by atoms with E-state index in [1.54, 1.807) is 0 Å². The molecule has 1 atom stereocenters. The lowest BCUT2D eigenvalue weighted by molar-refractivity contribution is 0.000551. The maximum Gasteiger partial charge on any atom is 0.410 e. The zero-order valence-corrected chi connectivity index (χ0v) is 14.8. The highest BCUT2D eigenvalue weighted by Gasteiger charge is 2.30. The number of ether oxygens (including phenoxy) is 1. The summed E-state index contributed by atoms with van der Waals surface area (Å²) in [6.45, 7) is 11.0. The number of aromatic nitrogens is 1. The van der Waals surface area contributed by atoms with Crippen LogP contribution in [0.1, 0.15) is 33.3 Å². The monoisotopic (exact) mass is 320 g/mol. The maximum atomic E-state index is 12.2. The first-order valence-electron chi connectivity index (χ1n) is 8.13. The molecular formula is C17H28N4O2. The molecule has 1 aliphatic heterocycles. The standard InChI is InChI=1S/C17H28N4O2/c1-13-11-20(12-14-6-7-15(18-5)19-10-14)8-9-21(13)16(22)23-17(2,3)4/h6-7,10,13H,8-9,11-12H2,1-5H3,(H,18,19)/t13-/m0/s1. The fraction of sp³-hybridized carbons (Fsp3) is 0.647. The number of carbonyl (C=O) groups excluding carboxylic acids is 1. The normalized spacial score (nSPS) is 19.5. The minimum Gasteiger partial charge on any atom is -0.444 e. The van der Waals surface area contributed by atoms with Crippen LogP contribution in [0.4, 0.5) is 10.6 Å². The number of nitrogens with one attached hydrogen (secondary N) is 1. The molecule has 1 amide bonds. The summed E-state index contributed by atoms with van der Waals surface area (Å²) in [5, 5.41) is 3.02. The van der Waals surface area contributed by atoms with Gasteiger partial charge in [0.05, 0.1) is 0 Å². The van der Waals surface area contributed by atoms with E-state index in [2.05, 4.69) is 28.2 Å². The van der Waals surface area contributed by atoms with E-state index in [0.717, 1.165) is 25.5 Å². The second-order valence-electron chi connectivity index (χ2n) is 7.06. The number of nitrogens with zero attached hydrogens (tertiary/aromatic N) is 3. The minimum atomic E-state index is -0.450. The number of anilines is 1. The Morgan fingerprint density at radius 1 is 1.39 bits per heavy atom. The van der Waals surface area contributed by atoms with Gasteiger partial charge in [-0.1, -0.05) is 6.07 Å². The van der Waals surface area contributed by atoms with Gasteiger partial charge in [-0.25, -0.2) is 9.78 Å². The topological polar surface area (TPSA) is 57.7 Å². The van der Waals surface area contributed by atoms with E-state index < -0.39 is 5.60 Å². The van der Waals surface area contributed by atoms with Gasteiger partial charge in [0.25, 0.3) is 0 Å². The zero-order chi connectivity index (χ0) is 17.0. The molecule has 0 spiro atoms. The average Bonchev–Trinajstić information content (AvgIpc) is 2.46. The van der Waals surface area contributed by atoms with Crippen LogP contribution in [0.3, 0.4) is 0 Å². The minimum absolute atomic E-state index is 0.142. The van der Waals surface area contributed by atoms with E-state index in [1.807, 2.05) is 45.0 Å². The van der Waals surface area contributed by atoms with Crippen LogP contribution in [0.15, 0.2) is 18.3 Å². The number of hydrogen-bond acceptors (Lipinski definition) is 5. The van der Waals surface area contributed by atoms with Crippen LogP contribution in [0.5, 0.6) is 0 Å². The number of carbonyl (C=O) groups is 1. The number of pyridine rings is 1. The first kappa shape index (κ1) is 17.5. The Balaban J connectivity index is 1.89. The van der Waals surface area contributed by atoms with Crippen molar-refractivity contribution in [1.29, 1.82) is 0 Å². The van der Waals surface area contributed by atoms with E-state index in [-0.39, 0.29) is 12.1 Å². The van der Waals surface area contributed by atoms with Crippen LogP contribution in [-0.2, 0) is 11.3 Å². The third-order valence-corrected chi connectivity index (χ3v) is 3.83. The van der Waals surface area contributed by atoms with Crippen LogP contribution in [0, 0.1) is 0 Å². The van der Waals surface area contributed by atoms with Crippen molar-refractivity contribution in [2.45, 2.75) is 45.9 Å². The van der Waals surface area contributed by atoms with Gasteiger partial charge in [-0.3, -0.25) is 4.90 Å². The Kier molecular flexibility index (Phi) is 5.46. The Bertz CT molecular complexity index is 524. The van der Waals surface area contributed by atoms with Crippen molar-refractivity contribution in [2.24, 2.45) is 0 Å². The van der Waals surface area contributed by atoms with Crippen molar-refractivity contribution in [3.63, 3.8) is 0 Å². The Morgan fingerprint density at radius 2 is 2.13 bits per heavy atom. The fourth-order valence-electron chi connectivity index (χ4n) is 2.69. The van der Waals surface area contributed by atoms with Gasteiger partial charge in [0.1, 0.15) is 11.4 Å². The Labute approximate surface area is 138 Å². The van der Waals surface area contributed by atoms with Gasteiger partial charge in [0, 0.05) is 45.5 Å². The van der Waals surface area contributed by atoms with Gasteiger partial charge in [-0.05, 0) is 39.3 Å². The van der Waals surface area contributed by atoms with Crippen LogP contribution in [0.25, 0.3) is 0 Å². The summed E-state index contributed by atoms with van der Waals surface area (Å²) in [6.07, 6.45) is 1.68. The van der Waals surface area contributed by atoms with Crippen molar-refractivity contribution < 1.29 is 9.53 Å².